The van der Waals surface area contributed by atoms with Crippen molar-refractivity contribution in [2.75, 3.05) is 14.2 Å². The lowest BCUT2D eigenvalue weighted by molar-refractivity contribution is 0.0607. The highest BCUT2D eigenvalue weighted by molar-refractivity contribution is 7.17. The van der Waals surface area contributed by atoms with E-state index in [2.05, 4.69) is 4.98 Å². The van der Waals surface area contributed by atoms with E-state index in [4.69, 9.17) is 9.47 Å². The predicted molar refractivity (Wildman–Crippen MR) is 90.8 cm³/mol. The average Bonchev–Trinajstić information content (AvgIpc) is 3.07. The Balaban J connectivity index is 2.08. The Kier molecular flexibility index (Phi) is 4.57. The summed E-state index contributed by atoms with van der Waals surface area (Å²) in [6.45, 7) is 0. The lowest BCUT2D eigenvalue weighted by Crippen LogP contribution is -2.00. The van der Waals surface area contributed by atoms with Gasteiger partial charge >= 0.3 is 5.97 Å². The summed E-state index contributed by atoms with van der Waals surface area (Å²) >= 11 is 1.24. The number of methoxy groups -OCH3 is 2. The molecule has 0 spiro atoms. The third-order valence-electron chi connectivity index (χ3n) is 3.45. The molecule has 24 heavy (non-hydrogen) atoms. The van der Waals surface area contributed by atoms with E-state index in [1.165, 1.54) is 30.6 Å². The van der Waals surface area contributed by atoms with Gasteiger partial charge in [-0.1, -0.05) is 0 Å². The van der Waals surface area contributed by atoms with Crippen LogP contribution in [0.5, 0.6) is 5.75 Å². The van der Waals surface area contributed by atoms with Gasteiger partial charge in [0.2, 0.25) is 0 Å². The number of hydrogen-bond donors (Lipinski definition) is 0. The van der Waals surface area contributed by atoms with Crippen LogP contribution in [0.3, 0.4) is 0 Å². The zero-order valence-corrected chi connectivity index (χ0v) is 13.9. The van der Waals surface area contributed by atoms with Crippen LogP contribution < -0.4 is 4.74 Å². The van der Waals surface area contributed by atoms with Crippen LogP contribution in [0, 0.1) is 5.82 Å². The molecule has 2 aromatic carbocycles. The van der Waals surface area contributed by atoms with Crippen molar-refractivity contribution in [3.8, 4) is 27.6 Å². The molecule has 0 fully saturated rings. The van der Waals surface area contributed by atoms with E-state index < -0.39 is 5.97 Å². The van der Waals surface area contributed by atoms with Crippen LogP contribution in [0.2, 0.25) is 0 Å². The number of carbonyl (C=O) groups is 1. The van der Waals surface area contributed by atoms with E-state index in [0.29, 0.717) is 21.1 Å². The van der Waals surface area contributed by atoms with Crippen molar-refractivity contribution >= 4 is 17.3 Å². The largest absolute Gasteiger partial charge is 0.497 e. The minimum Gasteiger partial charge on any atom is -0.497 e. The summed E-state index contributed by atoms with van der Waals surface area (Å²) in [5.74, 6) is -0.0715. The fourth-order valence-corrected chi connectivity index (χ4v) is 3.22. The number of ether oxygens (including phenoxy) is 2. The number of aromatic nitrogens is 1. The van der Waals surface area contributed by atoms with Crippen LogP contribution in [-0.4, -0.2) is 25.2 Å². The van der Waals surface area contributed by atoms with E-state index in [0.717, 1.165) is 11.3 Å². The van der Waals surface area contributed by atoms with Gasteiger partial charge in [-0.3, -0.25) is 0 Å². The maximum atomic E-state index is 13.1. The molecular weight excluding hydrogens is 329 g/mol. The first-order chi connectivity index (χ1) is 11.6. The molecule has 0 bridgehead atoms. The first kappa shape index (κ1) is 16.1. The van der Waals surface area contributed by atoms with Gasteiger partial charge in [0.1, 0.15) is 21.5 Å². The molecule has 122 valence electrons. The molecule has 0 atom stereocenters. The first-order valence-electron chi connectivity index (χ1n) is 7.12. The molecule has 4 nitrogen and oxygen atoms in total. The Bertz CT molecular complexity index is 857. The number of benzene rings is 2. The maximum Gasteiger partial charge on any atom is 0.350 e. The number of halogens is 1. The quantitative estimate of drug-likeness (QED) is 0.658. The molecule has 0 aliphatic heterocycles. The van der Waals surface area contributed by atoms with Gasteiger partial charge in [0, 0.05) is 11.1 Å². The van der Waals surface area contributed by atoms with Gasteiger partial charge in [0.15, 0.2) is 0 Å². The zero-order chi connectivity index (χ0) is 17.1. The predicted octanol–water partition coefficient (Wildman–Crippen LogP) is 4.41. The average molecular weight is 343 g/mol. The molecule has 3 rings (SSSR count). The summed E-state index contributed by atoms with van der Waals surface area (Å²) in [5.41, 5.74) is 2.00. The summed E-state index contributed by atoms with van der Waals surface area (Å²) in [7, 11) is 2.92. The smallest absolute Gasteiger partial charge is 0.350 e. The number of esters is 1. The van der Waals surface area contributed by atoms with Gasteiger partial charge in [-0.2, -0.15) is 0 Å². The highest BCUT2D eigenvalue weighted by Crippen LogP contribution is 2.35. The summed E-state index contributed by atoms with van der Waals surface area (Å²) in [6, 6.07) is 13.2. The molecular formula is C18H14FNO3S. The molecule has 1 heterocycles. The molecule has 0 unspecified atom stereocenters. The first-order valence-corrected chi connectivity index (χ1v) is 7.93. The normalized spacial score (nSPS) is 10.5. The van der Waals surface area contributed by atoms with Crippen LogP contribution in [0.15, 0.2) is 48.5 Å². The lowest BCUT2D eigenvalue weighted by atomic mass is 10.1. The second-order valence-corrected chi connectivity index (χ2v) is 5.92. The lowest BCUT2D eigenvalue weighted by Gasteiger charge is -2.01. The van der Waals surface area contributed by atoms with E-state index in [-0.39, 0.29) is 5.82 Å². The maximum absolute atomic E-state index is 13.1. The highest BCUT2D eigenvalue weighted by Gasteiger charge is 2.20. The van der Waals surface area contributed by atoms with Crippen molar-refractivity contribution < 1.29 is 18.7 Å². The molecule has 1 aromatic heterocycles. The van der Waals surface area contributed by atoms with Crippen molar-refractivity contribution in [3.63, 3.8) is 0 Å². The highest BCUT2D eigenvalue weighted by atomic mass is 32.1. The third kappa shape index (κ3) is 3.14. The van der Waals surface area contributed by atoms with E-state index in [1.807, 2.05) is 24.3 Å². The Morgan fingerprint density at radius 2 is 1.62 bits per heavy atom. The Hall–Kier alpha value is -2.73. The topological polar surface area (TPSA) is 48.4 Å². The Morgan fingerprint density at radius 1 is 1.00 bits per heavy atom. The number of nitrogens with zero attached hydrogens (tertiary/aromatic N) is 1. The van der Waals surface area contributed by atoms with Crippen molar-refractivity contribution in [2.45, 2.75) is 0 Å². The van der Waals surface area contributed by atoms with Crippen molar-refractivity contribution in [1.29, 1.82) is 0 Å². The van der Waals surface area contributed by atoms with E-state index >= 15 is 0 Å². The number of thiazole rings is 1. The summed E-state index contributed by atoms with van der Waals surface area (Å²) in [6.07, 6.45) is 0. The SMILES string of the molecule is COC(=O)c1sc(-c2ccc(OC)cc2)nc1-c1ccc(F)cc1. The van der Waals surface area contributed by atoms with Crippen molar-refractivity contribution in [1.82, 2.24) is 4.98 Å². The van der Waals surface area contributed by atoms with Gasteiger partial charge in [-0.15, -0.1) is 11.3 Å². The molecule has 6 heteroatoms. The molecule has 0 saturated heterocycles. The van der Waals surface area contributed by atoms with Gasteiger partial charge in [-0.05, 0) is 48.5 Å². The number of carbonyl (C=O) groups excluding carboxylic acids is 1. The molecule has 0 radical (unpaired) electrons. The molecule has 0 amide bonds. The zero-order valence-electron chi connectivity index (χ0n) is 13.1. The van der Waals surface area contributed by atoms with Crippen LogP contribution >= 0.6 is 11.3 Å². The fourth-order valence-electron chi connectivity index (χ4n) is 2.21. The van der Waals surface area contributed by atoms with Gasteiger partial charge in [-0.25, -0.2) is 14.2 Å². The number of hydrogen-bond acceptors (Lipinski definition) is 5. The molecule has 0 aliphatic carbocycles. The molecule has 3 aromatic rings. The minimum atomic E-state index is -0.466. The summed E-state index contributed by atoms with van der Waals surface area (Å²) in [5, 5.41) is 0.678. The molecule has 0 N–H and O–H groups in total. The summed E-state index contributed by atoms with van der Waals surface area (Å²) < 4.78 is 23.1. The standard InChI is InChI=1S/C18H14FNO3S/c1-22-14-9-5-12(6-10-14)17-20-15(16(24-17)18(21)23-2)11-3-7-13(19)8-4-11/h3-10H,1-2H3. The Labute approximate surface area is 142 Å². The van der Waals surface area contributed by atoms with E-state index in [9.17, 15) is 9.18 Å². The summed E-state index contributed by atoms with van der Waals surface area (Å²) in [4.78, 5) is 17.0. The van der Waals surface area contributed by atoms with E-state index in [1.54, 1.807) is 19.2 Å². The van der Waals surface area contributed by atoms with Crippen molar-refractivity contribution in [2.24, 2.45) is 0 Å². The molecule has 0 saturated carbocycles. The van der Waals surface area contributed by atoms with Gasteiger partial charge in [0.25, 0.3) is 0 Å². The van der Waals surface area contributed by atoms with Crippen LogP contribution in [0.4, 0.5) is 4.39 Å². The van der Waals surface area contributed by atoms with Crippen molar-refractivity contribution in [3.05, 3.63) is 59.2 Å². The second kappa shape index (κ2) is 6.80. The van der Waals surface area contributed by atoms with Gasteiger partial charge in [0.05, 0.1) is 19.9 Å². The monoisotopic (exact) mass is 343 g/mol. The third-order valence-corrected chi connectivity index (χ3v) is 4.54. The number of rotatable bonds is 4. The second-order valence-electron chi connectivity index (χ2n) is 4.92. The minimum absolute atomic E-state index is 0.344. The van der Waals surface area contributed by atoms with Crippen LogP contribution in [0.1, 0.15) is 9.67 Å². The fraction of sp³-hybridized carbons (Fsp3) is 0.111. The van der Waals surface area contributed by atoms with Gasteiger partial charge < -0.3 is 9.47 Å². The molecule has 0 aliphatic rings. The Morgan fingerprint density at radius 3 is 2.21 bits per heavy atom. The van der Waals surface area contributed by atoms with Crippen LogP contribution in [0.25, 0.3) is 21.8 Å². The van der Waals surface area contributed by atoms with Crippen LogP contribution in [-0.2, 0) is 4.74 Å².